The van der Waals surface area contributed by atoms with Crippen molar-refractivity contribution in [2.45, 2.75) is 25.9 Å². The lowest BCUT2D eigenvalue weighted by molar-refractivity contribution is -0.141. The molecule has 0 bridgehead atoms. The monoisotopic (exact) mass is 359 g/mol. The van der Waals surface area contributed by atoms with Gasteiger partial charge in [0, 0.05) is 25.7 Å². The van der Waals surface area contributed by atoms with Crippen LogP contribution >= 0.6 is 12.2 Å². The van der Waals surface area contributed by atoms with E-state index in [0.29, 0.717) is 25.6 Å². The fourth-order valence-corrected chi connectivity index (χ4v) is 2.68. The number of alkyl halides is 3. The summed E-state index contributed by atoms with van der Waals surface area (Å²) in [6, 6.07) is 0.990. The zero-order valence-electron chi connectivity index (χ0n) is 13.4. The van der Waals surface area contributed by atoms with Gasteiger partial charge in [-0.15, -0.1) is 6.58 Å². The number of thiocarbonyl (C=S) groups is 1. The fraction of sp³-hybridized carbons (Fsp3) is 0.533. The van der Waals surface area contributed by atoms with Crippen molar-refractivity contribution in [3.8, 4) is 0 Å². The van der Waals surface area contributed by atoms with Gasteiger partial charge in [0.05, 0.1) is 0 Å². The lowest BCUT2D eigenvalue weighted by Gasteiger charge is -2.32. The SMILES string of the molecule is C=CCNC(=S)Nc1nc(N2CCC[C@@H](C)C2)cc(C(F)(F)F)n1. The molecule has 1 atom stereocenters. The van der Waals surface area contributed by atoms with Crippen LogP contribution in [0.1, 0.15) is 25.5 Å². The molecule has 2 rings (SSSR count). The first-order chi connectivity index (χ1) is 11.3. The van der Waals surface area contributed by atoms with Crippen LogP contribution in [0.4, 0.5) is 24.9 Å². The number of nitrogens with one attached hydrogen (secondary N) is 2. The van der Waals surface area contributed by atoms with Gasteiger partial charge in [0.2, 0.25) is 5.95 Å². The second-order valence-electron chi connectivity index (χ2n) is 5.75. The Kier molecular flexibility index (Phi) is 5.98. The van der Waals surface area contributed by atoms with E-state index in [1.807, 2.05) is 4.90 Å². The molecule has 1 aliphatic rings. The van der Waals surface area contributed by atoms with Crippen molar-refractivity contribution in [3.05, 3.63) is 24.4 Å². The van der Waals surface area contributed by atoms with E-state index >= 15 is 0 Å². The Bertz CT molecular complexity index is 605. The molecule has 24 heavy (non-hydrogen) atoms. The maximum atomic E-state index is 13.1. The molecular formula is C15H20F3N5S. The summed E-state index contributed by atoms with van der Waals surface area (Å²) in [5.41, 5.74) is -0.986. The van der Waals surface area contributed by atoms with Crippen LogP contribution in [-0.2, 0) is 6.18 Å². The first-order valence-electron chi connectivity index (χ1n) is 7.66. The van der Waals surface area contributed by atoms with Crippen molar-refractivity contribution in [2.24, 2.45) is 5.92 Å². The summed E-state index contributed by atoms with van der Waals surface area (Å²) in [7, 11) is 0. The van der Waals surface area contributed by atoms with Crippen molar-refractivity contribution in [1.29, 1.82) is 0 Å². The van der Waals surface area contributed by atoms with E-state index in [1.165, 1.54) is 0 Å². The number of nitrogens with zero attached hydrogens (tertiary/aromatic N) is 3. The largest absolute Gasteiger partial charge is 0.433 e. The summed E-state index contributed by atoms with van der Waals surface area (Å²) >= 11 is 5.01. The number of hydrogen-bond donors (Lipinski definition) is 2. The number of hydrogen-bond acceptors (Lipinski definition) is 4. The van der Waals surface area contributed by atoms with E-state index in [2.05, 4.69) is 34.1 Å². The standard InChI is InChI=1S/C15H20F3N5S/c1-3-6-19-14(24)22-13-20-11(15(16,17)18)8-12(21-13)23-7-4-5-10(2)9-23/h3,8,10H,1,4-7,9H2,2H3,(H2,19,20,21,22,24)/t10-/m1/s1. The minimum absolute atomic E-state index is 0.146. The van der Waals surface area contributed by atoms with Crippen molar-refractivity contribution in [3.63, 3.8) is 0 Å². The van der Waals surface area contributed by atoms with Crippen LogP contribution in [0.3, 0.4) is 0 Å². The average molecular weight is 359 g/mol. The van der Waals surface area contributed by atoms with Crippen molar-refractivity contribution in [2.75, 3.05) is 29.9 Å². The smallest absolute Gasteiger partial charge is 0.359 e. The van der Waals surface area contributed by atoms with Crippen LogP contribution in [0.15, 0.2) is 18.7 Å². The Morgan fingerprint density at radius 3 is 2.88 bits per heavy atom. The molecule has 1 aliphatic heterocycles. The van der Waals surface area contributed by atoms with Gasteiger partial charge in [0.1, 0.15) is 5.82 Å². The molecule has 5 nitrogen and oxygen atoms in total. The lowest BCUT2D eigenvalue weighted by Crippen LogP contribution is -2.35. The molecule has 2 heterocycles. The summed E-state index contributed by atoms with van der Waals surface area (Å²) in [5, 5.41) is 5.52. The predicted octanol–water partition coefficient (Wildman–Crippen LogP) is 3.20. The molecule has 0 spiro atoms. The highest BCUT2D eigenvalue weighted by atomic mass is 32.1. The van der Waals surface area contributed by atoms with Gasteiger partial charge in [-0.3, -0.25) is 0 Å². The number of halogens is 3. The van der Waals surface area contributed by atoms with E-state index in [0.717, 1.165) is 18.9 Å². The molecule has 132 valence electrons. The van der Waals surface area contributed by atoms with E-state index < -0.39 is 11.9 Å². The third-order valence-corrected chi connectivity index (χ3v) is 3.86. The van der Waals surface area contributed by atoms with Gasteiger partial charge in [-0.25, -0.2) is 4.98 Å². The highest BCUT2D eigenvalue weighted by Gasteiger charge is 2.34. The van der Waals surface area contributed by atoms with Gasteiger partial charge in [-0.05, 0) is 31.0 Å². The van der Waals surface area contributed by atoms with Crippen LogP contribution in [-0.4, -0.2) is 34.7 Å². The van der Waals surface area contributed by atoms with Gasteiger partial charge in [-0.1, -0.05) is 13.0 Å². The van der Waals surface area contributed by atoms with E-state index in [1.54, 1.807) is 6.08 Å². The van der Waals surface area contributed by atoms with Crippen LogP contribution in [0, 0.1) is 5.92 Å². The van der Waals surface area contributed by atoms with Crippen molar-refractivity contribution < 1.29 is 13.2 Å². The summed E-state index contributed by atoms with van der Waals surface area (Å²) < 4.78 is 39.4. The highest BCUT2D eigenvalue weighted by molar-refractivity contribution is 7.80. The quantitative estimate of drug-likeness (QED) is 0.636. The number of rotatable bonds is 4. The maximum Gasteiger partial charge on any atom is 0.433 e. The molecular weight excluding hydrogens is 339 g/mol. The highest BCUT2D eigenvalue weighted by Crippen LogP contribution is 2.31. The van der Waals surface area contributed by atoms with Crippen LogP contribution in [0.25, 0.3) is 0 Å². The molecule has 1 saturated heterocycles. The van der Waals surface area contributed by atoms with Gasteiger partial charge in [-0.2, -0.15) is 18.2 Å². The first-order valence-corrected chi connectivity index (χ1v) is 8.07. The minimum Gasteiger partial charge on any atom is -0.359 e. The van der Waals surface area contributed by atoms with Crippen LogP contribution < -0.4 is 15.5 Å². The third-order valence-electron chi connectivity index (χ3n) is 3.62. The minimum atomic E-state index is -4.55. The molecule has 0 unspecified atom stereocenters. The van der Waals surface area contributed by atoms with Crippen molar-refractivity contribution >= 4 is 29.1 Å². The molecule has 0 amide bonds. The Balaban J connectivity index is 2.27. The van der Waals surface area contributed by atoms with E-state index in [4.69, 9.17) is 12.2 Å². The summed E-state index contributed by atoms with van der Waals surface area (Å²) in [4.78, 5) is 9.60. The number of piperidine rings is 1. The second kappa shape index (κ2) is 7.78. The molecule has 0 radical (unpaired) electrons. The van der Waals surface area contributed by atoms with Crippen LogP contribution in [0.5, 0.6) is 0 Å². The van der Waals surface area contributed by atoms with Gasteiger partial charge < -0.3 is 15.5 Å². The lowest BCUT2D eigenvalue weighted by atomic mass is 10.0. The van der Waals surface area contributed by atoms with Gasteiger partial charge in [0.25, 0.3) is 0 Å². The third kappa shape index (κ3) is 5.05. The summed E-state index contributed by atoms with van der Waals surface area (Å²) in [5.74, 6) is 0.507. The Morgan fingerprint density at radius 1 is 1.50 bits per heavy atom. The topological polar surface area (TPSA) is 53.1 Å². The van der Waals surface area contributed by atoms with Gasteiger partial charge in [0.15, 0.2) is 10.8 Å². The molecule has 1 aromatic rings. The zero-order valence-corrected chi connectivity index (χ0v) is 14.2. The second-order valence-corrected chi connectivity index (χ2v) is 6.16. The Hall–Kier alpha value is -1.90. The van der Waals surface area contributed by atoms with Gasteiger partial charge >= 0.3 is 6.18 Å². The molecule has 0 aliphatic carbocycles. The molecule has 0 saturated carbocycles. The first kappa shape index (κ1) is 18.4. The number of anilines is 2. The number of aromatic nitrogens is 2. The van der Waals surface area contributed by atoms with Crippen molar-refractivity contribution in [1.82, 2.24) is 15.3 Å². The molecule has 1 fully saturated rings. The Labute approximate surface area is 144 Å². The summed E-state index contributed by atoms with van der Waals surface area (Å²) in [6.45, 7) is 7.35. The fourth-order valence-electron chi connectivity index (χ4n) is 2.51. The van der Waals surface area contributed by atoms with E-state index in [9.17, 15) is 13.2 Å². The molecule has 2 N–H and O–H groups in total. The predicted molar refractivity (Wildman–Crippen MR) is 92.1 cm³/mol. The van der Waals surface area contributed by atoms with Crippen LogP contribution in [0.2, 0.25) is 0 Å². The molecule has 1 aromatic heterocycles. The Morgan fingerprint density at radius 2 is 2.25 bits per heavy atom. The van der Waals surface area contributed by atoms with E-state index in [-0.39, 0.29) is 16.9 Å². The zero-order chi connectivity index (χ0) is 17.7. The maximum absolute atomic E-state index is 13.1. The normalized spacial score (nSPS) is 18.2. The average Bonchev–Trinajstić information content (AvgIpc) is 2.52. The summed E-state index contributed by atoms with van der Waals surface area (Å²) in [6.07, 6.45) is -0.976. The molecule has 0 aromatic carbocycles. The molecule has 9 heteroatoms.